The zero-order valence-corrected chi connectivity index (χ0v) is 8.31. The predicted octanol–water partition coefficient (Wildman–Crippen LogP) is 1.38. The first kappa shape index (κ1) is 8.59. The van der Waals surface area contributed by atoms with Crippen molar-refractivity contribution in [3.8, 4) is 0 Å². The van der Waals surface area contributed by atoms with E-state index < -0.39 is 0 Å². The van der Waals surface area contributed by atoms with Crippen LogP contribution in [-0.2, 0) is 13.0 Å². The molecule has 0 spiro atoms. The summed E-state index contributed by atoms with van der Waals surface area (Å²) < 4.78 is 2.43. The lowest BCUT2D eigenvalue weighted by molar-refractivity contribution is 0.184. The highest BCUT2D eigenvalue weighted by Crippen LogP contribution is 2.22. The van der Waals surface area contributed by atoms with E-state index in [2.05, 4.69) is 0 Å². The molecule has 1 aliphatic rings. The van der Waals surface area contributed by atoms with E-state index in [1.807, 2.05) is 12.1 Å². The van der Waals surface area contributed by atoms with Crippen LogP contribution >= 0.6 is 0 Å². The number of benzene rings is 1. The Balaban J connectivity index is 2.52. The number of imidazole rings is 1. The van der Waals surface area contributed by atoms with Crippen molar-refractivity contribution in [2.45, 2.75) is 25.8 Å². The van der Waals surface area contributed by atoms with Crippen molar-refractivity contribution in [2.75, 3.05) is 0 Å². The summed E-state index contributed by atoms with van der Waals surface area (Å²) in [5.74, 6) is 0. The Hall–Kier alpha value is -1.71. The lowest BCUT2D eigenvalue weighted by Gasteiger charge is -2.00. The minimum Gasteiger partial charge on any atom is -0.424 e. The third kappa shape index (κ3) is 1.04. The molecule has 3 rings (SSSR count). The van der Waals surface area contributed by atoms with E-state index >= 15 is 0 Å². The summed E-state index contributed by atoms with van der Waals surface area (Å²) in [4.78, 5) is 11.7. The van der Waals surface area contributed by atoms with Crippen molar-refractivity contribution in [1.29, 1.82) is 0 Å². The molecule has 0 saturated carbocycles. The second-order valence-electron chi connectivity index (χ2n) is 3.99. The number of hydrogen-bond acceptors (Lipinski definition) is 2. The van der Waals surface area contributed by atoms with Crippen LogP contribution in [0.2, 0.25) is 0 Å². The molecule has 0 radical (unpaired) electrons. The van der Waals surface area contributed by atoms with Crippen LogP contribution in [0.15, 0.2) is 23.0 Å². The van der Waals surface area contributed by atoms with Crippen LogP contribution in [0.1, 0.15) is 18.4 Å². The molecule has 1 aliphatic heterocycles. The molecule has 2 heterocycles. The Morgan fingerprint density at radius 2 is 2.13 bits per heavy atom. The molecule has 0 bridgehead atoms. The number of nitrogens with zero attached hydrogens (tertiary/aromatic N) is 2. The predicted molar refractivity (Wildman–Crippen MR) is 56.3 cm³/mol. The van der Waals surface area contributed by atoms with E-state index in [0.29, 0.717) is 12.1 Å². The van der Waals surface area contributed by atoms with Gasteiger partial charge in [-0.05, 0) is 30.9 Å². The maximum atomic E-state index is 11.7. The van der Waals surface area contributed by atoms with E-state index in [-0.39, 0.29) is 5.69 Å². The molecule has 1 aromatic carbocycles. The maximum absolute atomic E-state index is 11.7. The fraction of sp³-hybridized carbons (Fsp3) is 0.364. The van der Waals surface area contributed by atoms with Crippen LogP contribution in [0.3, 0.4) is 0 Å². The van der Waals surface area contributed by atoms with Crippen LogP contribution in [0.4, 0.5) is 0 Å². The van der Waals surface area contributed by atoms with Gasteiger partial charge in [0.2, 0.25) is 0 Å². The number of hydrogen-bond donors (Lipinski definition) is 1. The van der Waals surface area contributed by atoms with Gasteiger partial charge in [0.1, 0.15) is 5.52 Å². The van der Waals surface area contributed by atoms with Crippen LogP contribution in [-0.4, -0.2) is 14.5 Å². The molecule has 0 fully saturated rings. The van der Waals surface area contributed by atoms with Gasteiger partial charge in [0.25, 0.3) is 0 Å². The van der Waals surface area contributed by atoms with Gasteiger partial charge in [-0.3, -0.25) is 4.57 Å². The number of aryl methyl sites for hydroxylation is 2. The summed E-state index contributed by atoms with van der Waals surface area (Å²) in [7, 11) is 0. The van der Waals surface area contributed by atoms with Gasteiger partial charge in [-0.15, -0.1) is 4.73 Å². The van der Waals surface area contributed by atoms with Crippen LogP contribution < -0.4 is 5.69 Å². The van der Waals surface area contributed by atoms with Gasteiger partial charge in [-0.2, -0.15) is 0 Å². The molecule has 4 nitrogen and oxygen atoms in total. The van der Waals surface area contributed by atoms with Gasteiger partial charge >= 0.3 is 5.69 Å². The van der Waals surface area contributed by atoms with Gasteiger partial charge in [0.15, 0.2) is 0 Å². The average molecular weight is 204 g/mol. The maximum Gasteiger partial charge on any atom is 0.361 e. The zero-order valence-electron chi connectivity index (χ0n) is 8.31. The van der Waals surface area contributed by atoms with Crippen molar-refractivity contribution >= 4 is 11.0 Å². The summed E-state index contributed by atoms with van der Waals surface area (Å²) in [5, 5.41) is 9.64. The highest BCUT2D eigenvalue weighted by atomic mass is 16.5. The first-order valence-corrected chi connectivity index (χ1v) is 5.21. The molecular weight excluding hydrogens is 192 g/mol. The highest BCUT2D eigenvalue weighted by Gasteiger charge is 2.17. The van der Waals surface area contributed by atoms with Crippen molar-refractivity contribution in [1.82, 2.24) is 9.30 Å². The highest BCUT2D eigenvalue weighted by molar-refractivity contribution is 5.79. The first-order valence-electron chi connectivity index (χ1n) is 5.21. The molecule has 78 valence electrons. The molecule has 4 heteroatoms. The van der Waals surface area contributed by atoms with E-state index in [0.717, 1.165) is 35.1 Å². The van der Waals surface area contributed by atoms with Crippen LogP contribution in [0.5, 0.6) is 0 Å². The molecule has 1 N–H and O–H groups in total. The van der Waals surface area contributed by atoms with Gasteiger partial charge in [-0.1, -0.05) is 12.1 Å². The quantitative estimate of drug-likeness (QED) is 0.659. The molecule has 15 heavy (non-hydrogen) atoms. The minimum atomic E-state index is -0.320. The molecule has 0 saturated heterocycles. The Morgan fingerprint density at radius 3 is 3.00 bits per heavy atom. The van der Waals surface area contributed by atoms with Crippen molar-refractivity contribution in [3.05, 3.63) is 34.2 Å². The average Bonchev–Trinajstić information content (AvgIpc) is 2.45. The van der Waals surface area contributed by atoms with Crippen LogP contribution in [0, 0.1) is 0 Å². The topological polar surface area (TPSA) is 47.2 Å². The van der Waals surface area contributed by atoms with E-state index in [9.17, 15) is 10.0 Å². The van der Waals surface area contributed by atoms with E-state index in [1.54, 1.807) is 10.6 Å². The SMILES string of the molecule is O=c1n(O)c2cccc3c2n1CCCC3. The molecule has 0 atom stereocenters. The van der Waals surface area contributed by atoms with Gasteiger partial charge < -0.3 is 5.21 Å². The van der Waals surface area contributed by atoms with E-state index in [4.69, 9.17) is 0 Å². The van der Waals surface area contributed by atoms with Gasteiger partial charge in [0, 0.05) is 6.54 Å². The monoisotopic (exact) mass is 204 g/mol. The molecular formula is C11H12N2O2. The fourth-order valence-corrected chi connectivity index (χ4v) is 2.37. The summed E-state index contributed by atoms with van der Waals surface area (Å²) in [5.41, 5.74) is 2.37. The number of aromatic nitrogens is 2. The molecule has 0 unspecified atom stereocenters. The molecule has 0 amide bonds. The van der Waals surface area contributed by atoms with Crippen molar-refractivity contribution in [2.24, 2.45) is 0 Å². The molecule has 0 aliphatic carbocycles. The minimum absolute atomic E-state index is 0.320. The first-order chi connectivity index (χ1) is 7.29. The number of rotatable bonds is 0. The Labute approximate surface area is 86.3 Å². The Bertz CT molecular complexity index is 580. The van der Waals surface area contributed by atoms with E-state index in [1.165, 1.54) is 0 Å². The lowest BCUT2D eigenvalue weighted by atomic mass is 10.1. The summed E-state index contributed by atoms with van der Waals surface area (Å²) >= 11 is 0. The molecule has 2 aromatic rings. The van der Waals surface area contributed by atoms with Crippen LogP contribution in [0.25, 0.3) is 11.0 Å². The standard InChI is InChI=1S/C11H12N2O2/c14-11-12-7-2-1-4-8-5-3-6-9(10(8)12)13(11)15/h3,5-6,15H,1-2,4,7H2. The normalized spacial score (nSPS) is 15.5. The third-order valence-electron chi connectivity index (χ3n) is 3.09. The zero-order chi connectivity index (χ0) is 10.4. The Morgan fingerprint density at radius 1 is 1.27 bits per heavy atom. The largest absolute Gasteiger partial charge is 0.424 e. The van der Waals surface area contributed by atoms with Gasteiger partial charge in [-0.25, -0.2) is 4.79 Å². The van der Waals surface area contributed by atoms with Crippen molar-refractivity contribution in [3.63, 3.8) is 0 Å². The fourth-order valence-electron chi connectivity index (χ4n) is 2.37. The number of para-hydroxylation sites is 1. The molecule has 1 aromatic heterocycles. The summed E-state index contributed by atoms with van der Waals surface area (Å²) in [6.07, 6.45) is 3.08. The van der Waals surface area contributed by atoms with Crippen molar-refractivity contribution < 1.29 is 5.21 Å². The second kappa shape index (κ2) is 2.89. The van der Waals surface area contributed by atoms with Gasteiger partial charge in [0.05, 0.1) is 5.52 Å². The smallest absolute Gasteiger partial charge is 0.361 e. The lowest BCUT2D eigenvalue weighted by Crippen LogP contribution is -2.22. The third-order valence-corrected chi connectivity index (χ3v) is 3.09. The Kier molecular flexibility index (Phi) is 1.65. The summed E-state index contributed by atoms with van der Waals surface area (Å²) in [6, 6.07) is 5.70. The summed E-state index contributed by atoms with van der Waals surface area (Å²) in [6.45, 7) is 0.708. The second-order valence-corrected chi connectivity index (χ2v) is 3.99.